The summed E-state index contributed by atoms with van der Waals surface area (Å²) in [5.74, 6) is 1.27. The Kier molecular flexibility index (Phi) is 6.44. The molecule has 0 spiro atoms. The van der Waals surface area contributed by atoms with Crippen LogP contribution in [0.2, 0.25) is 0 Å². The van der Waals surface area contributed by atoms with E-state index in [1.165, 1.54) is 24.2 Å². The molecule has 0 aliphatic rings. The van der Waals surface area contributed by atoms with Gasteiger partial charge in [0.05, 0.1) is 5.69 Å². The van der Waals surface area contributed by atoms with Crippen LogP contribution in [0.15, 0.2) is 18.3 Å². The molecule has 84 valence electrons. The van der Waals surface area contributed by atoms with Crippen molar-refractivity contribution in [3.63, 3.8) is 0 Å². The van der Waals surface area contributed by atoms with Crippen LogP contribution in [-0.4, -0.2) is 23.5 Å². The number of hydrogen-bond acceptors (Lipinski definition) is 3. The molecule has 0 saturated carbocycles. The van der Waals surface area contributed by atoms with Gasteiger partial charge >= 0.3 is 0 Å². The SMILES string of the molecule is CSCCCCNCc1ccc(C)cn1. The van der Waals surface area contributed by atoms with Gasteiger partial charge in [0.2, 0.25) is 0 Å². The normalized spacial score (nSPS) is 10.5. The van der Waals surface area contributed by atoms with Crippen molar-refractivity contribution in [1.29, 1.82) is 0 Å². The molecule has 0 fully saturated rings. The van der Waals surface area contributed by atoms with Gasteiger partial charge in [-0.25, -0.2) is 0 Å². The van der Waals surface area contributed by atoms with Gasteiger partial charge in [0.25, 0.3) is 0 Å². The van der Waals surface area contributed by atoms with Crippen molar-refractivity contribution < 1.29 is 0 Å². The molecule has 3 heteroatoms. The molecule has 1 N–H and O–H groups in total. The number of rotatable bonds is 7. The Bertz CT molecular complexity index is 259. The van der Waals surface area contributed by atoms with Gasteiger partial charge in [-0.15, -0.1) is 0 Å². The van der Waals surface area contributed by atoms with Crippen LogP contribution in [0.25, 0.3) is 0 Å². The summed E-state index contributed by atoms with van der Waals surface area (Å²) in [5, 5.41) is 3.41. The zero-order chi connectivity index (χ0) is 10.9. The monoisotopic (exact) mass is 224 g/mol. The third-order valence-corrected chi connectivity index (χ3v) is 2.93. The summed E-state index contributed by atoms with van der Waals surface area (Å²) in [4.78, 5) is 4.35. The average Bonchev–Trinajstić information content (AvgIpc) is 2.26. The van der Waals surface area contributed by atoms with Crippen molar-refractivity contribution in [3.8, 4) is 0 Å². The zero-order valence-corrected chi connectivity index (χ0v) is 10.4. The first kappa shape index (κ1) is 12.5. The van der Waals surface area contributed by atoms with Crippen molar-refractivity contribution in [3.05, 3.63) is 29.6 Å². The lowest BCUT2D eigenvalue weighted by atomic mass is 10.2. The Morgan fingerprint density at radius 3 is 2.87 bits per heavy atom. The minimum atomic E-state index is 0.888. The quantitative estimate of drug-likeness (QED) is 0.721. The lowest BCUT2D eigenvalue weighted by molar-refractivity contribution is 0.635. The second-order valence-electron chi connectivity index (χ2n) is 3.70. The van der Waals surface area contributed by atoms with Crippen molar-refractivity contribution >= 4 is 11.8 Å². The fourth-order valence-electron chi connectivity index (χ4n) is 1.32. The average molecular weight is 224 g/mol. The van der Waals surface area contributed by atoms with Gasteiger partial charge in [-0.1, -0.05) is 6.07 Å². The van der Waals surface area contributed by atoms with Crippen molar-refractivity contribution in [1.82, 2.24) is 10.3 Å². The molecule has 0 aliphatic carbocycles. The Labute approximate surface area is 96.9 Å². The Morgan fingerprint density at radius 1 is 1.33 bits per heavy atom. The summed E-state index contributed by atoms with van der Waals surface area (Å²) >= 11 is 1.92. The number of pyridine rings is 1. The van der Waals surface area contributed by atoms with Crippen molar-refractivity contribution in [2.75, 3.05) is 18.6 Å². The minimum absolute atomic E-state index is 0.888. The number of nitrogens with zero attached hydrogens (tertiary/aromatic N) is 1. The maximum absolute atomic E-state index is 4.35. The molecule has 2 nitrogen and oxygen atoms in total. The maximum Gasteiger partial charge on any atom is 0.0541 e. The van der Waals surface area contributed by atoms with Gasteiger partial charge in [-0.05, 0) is 49.9 Å². The Morgan fingerprint density at radius 2 is 2.20 bits per heavy atom. The molecule has 0 amide bonds. The molecule has 0 atom stereocenters. The number of aryl methyl sites for hydroxylation is 1. The highest BCUT2D eigenvalue weighted by Crippen LogP contribution is 1.99. The molecule has 15 heavy (non-hydrogen) atoms. The van der Waals surface area contributed by atoms with E-state index in [0.29, 0.717) is 0 Å². The number of nitrogens with one attached hydrogen (secondary N) is 1. The van der Waals surface area contributed by atoms with Gasteiger partial charge in [0, 0.05) is 12.7 Å². The van der Waals surface area contributed by atoms with Gasteiger partial charge in [-0.3, -0.25) is 4.98 Å². The Hall–Kier alpha value is -0.540. The highest BCUT2D eigenvalue weighted by molar-refractivity contribution is 7.98. The van der Waals surface area contributed by atoms with E-state index in [-0.39, 0.29) is 0 Å². The molecule has 1 heterocycles. The fourth-order valence-corrected chi connectivity index (χ4v) is 1.81. The van der Waals surface area contributed by atoms with Crippen LogP contribution in [0.4, 0.5) is 0 Å². The first-order valence-corrected chi connectivity index (χ1v) is 6.83. The van der Waals surface area contributed by atoms with Crippen LogP contribution in [0.1, 0.15) is 24.1 Å². The molecule has 0 radical (unpaired) electrons. The van der Waals surface area contributed by atoms with E-state index >= 15 is 0 Å². The van der Waals surface area contributed by atoms with Crippen LogP contribution in [-0.2, 0) is 6.54 Å². The topological polar surface area (TPSA) is 24.9 Å². The van der Waals surface area contributed by atoms with E-state index in [9.17, 15) is 0 Å². The molecular formula is C12H20N2S. The summed E-state index contributed by atoms with van der Waals surface area (Å²) in [7, 11) is 0. The van der Waals surface area contributed by atoms with Crippen molar-refractivity contribution in [2.24, 2.45) is 0 Å². The summed E-state index contributed by atoms with van der Waals surface area (Å²) in [6.07, 6.45) is 6.64. The van der Waals surface area contributed by atoms with Crippen LogP contribution >= 0.6 is 11.8 Å². The van der Waals surface area contributed by atoms with Crippen molar-refractivity contribution in [2.45, 2.75) is 26.3 Å². The number of thioether (sulfide) groups is 1. The molecule has 1 aromatic rings. The molecule has 0 bridgehead atoms. The minimum Gasteiger partial charge on any atom is -0.311 e. The number of hydrogen-bond donors (Lipinski definition) is 1. The van der Waals surface area contributed by atoms with E-state index in [0.717, 1.165) is 18.8 Å². The van der Waals surface area contributed by atoms with Gasteiger partial charge in [-0.2, -0.15) is 11.8 Å². The van der Waals surface area contributed by atoms with E-state index in [1.807, 2.05) is 18.0 Å². The summed E-state index contributed by atoms with van der Waals surface area (Å²) in [6.45, 7) is 4.04. The lowest BCUT2D eigenvalue weighted by Crippen LogP contribution is -2.15. The van der Waals surface area contributed by atoms with E-state index in [1.54, 1.807) is 0 Å². The van der Waals surface area contributed by atoms with E-state index < -0.39 is 0 Å². The highest BCUT2D eigenvalue weighted by Gasteiger charge is 1.93. The largest absolute Gasteiger partial charge is 0.311 e. The van der Waals surface area contributed by atoms with Crippen LogP contribution in [0, 0.1) is 6.92 Å². The predicted octanol–water partition coefficient (Wildman–Crippen LogP) is 2.62. The molecule has 1 rings (SSSR count). The van der Waals surface area contributed by atoms with Gasteiger partial charge in [0.15, 0.2) is 0 Å². The maximum atomic E-state index is 4.35. The summed E-state index contributed by atoms with van der Waals surface area (Å²) in [6, 6.07) is 4.20. The molecule has 0 unspecified atom stereocenters. The molecule has 0 aliphatic heterocycles. The zero-order valence-electron chi connectivity index (χ0n) is 9.62. The third kappa shape index (κ3) is 5.80. The third-order valence-electron chi connectivity index (χ3n) is 2.23. The summed E-state index contributed by atoms with van der Waals surface area (Å²) < 4.78 is 0. The first-order chi connectivity index (χ1) is 7.33. The number of aromatic nitrogens is 1. The van der Waals surface area contributed by atoms with Crippen LogP contribution in [0.5, 0.6) is 0 Å². The number of unbranched alkanes of at least 4 members (excludes halogenated alkanes) is 1. The van der Waals surface area contributed by atoms with Gasteiger partial charge in [0.1, 0.15) is 0 Å². The second-order valence-corrected chi connectivity index (χ2v) is 4.69. The van der Waals surface area contributed by atoms with E-state index in [4.69, 9.17) is 0 Å². The first-order valence-electron chi connectivity index (χ1n) is 5.44. The standard InChI is InChI=1S/C12H20N2S/c1-11-5-6-12(14-9-11)10-13-7-3-4-8-15-2/h5-6,9,13H,3-4,7-8,10H2,1-2H3. The van der Waals surface area contributed by atoms with Gasteiger partial charge < -0.3 is 5.32 Å². The molecule has 0 saturated heterocycles. The van der Waals surface area contributed by atoms with Crippen LogP contribution < -0.4 is 5.32 Å². The predicted molar refractivity (Wildman–Crippen MR) is 68.3 cm³/mol. The van der Waals surface area contributed by atoms with E-state index in [2.05, 4.69) is 35.6 Å². The second kappa shape index (κ2) is 7.71. The summed E-state index contributed by atoms with van der Waals surface area (Å²) in [5.41, 5.74) is 2.35. The fraction of sp³-hybridized carbons (Fsp3) is 0.583. The molecular weight excluding hydrogens is 204 g/mol. The van der Waals surface area contributed by atoms with Crippen LogP contribution in [0.3, 0.4) is 0 Å². The highest BCUT2D eigenvalue weighted by atomic mass is 32.2. The molecule has 1 aromatic heterocycles. The Balaban J connectivity index is 2.07. The smallest absolute Gasteiger partial charge is 0.0541 e. The lowest BCUT2D eigenvalue weighted by Gasteiger charge is -2.04. The molecule has 0 aromatic carbocycles.